The van der Waals surface area contributed by atoms with E-state index in [1.165, 1.54) is 0 Å². The summed E-state index contributed by atoms with van der Waals surface area (Å²) in [6, 6.07) is 0. The van der Waals surface area contributed by atoms with Crippen molar-refractivity contribution in [1.82, 2.24) is 0 Å². The van der Waals surface area contributed by atoms with Crippen molar-refractivity contribution in [2.75, 3.05) is 0 Å². The molecular formula is C12H19ClO4. The first-order chi connectivity index (χ1) is 7.90. The van der Waals surface area contributed by atoms with Crippen LogP contribution in [0, 0.1) is 0 Å². The Kier molecular flexibility index (Phi) is 7.63. The monoisotopic (exact) mass is 262 g/mol. The van der Waals surface area contributed by atoms with E-state index in [0.29, 0.717) is 12.8 Å². The maximum Gasteiger partial charge on any atom is 0.350 e. The third-order valence-electron chi connectivity index (χ3n) is 2.21. The first kappa shape index (κ1) is 16.0. The summed E-state index contributed by atoms with van der Waals surface area (Å²) in [5.41, 5.74) is 0. The Bertz CT molecular complexity index is 299. The highest BCUT2D eigenvalue weighted by Gasteiger charge is 2.14. The van der Waals surface area contributed by atoms with Gasteiger partial charge in [-0.3, -0.25) is 0 Å². The molecule has 0 N–H and O–H groups in total. The number of rotatable bonds is 6. The van der Waals surface area contributed by atoms with E-state index in [4.69, 9.17) is 21.1 Å². The maximum absolute atomic E-state index is 11.4. The second kappa shape index (κ2) is 8.12. The van der Waals surface area contributed by atoms with Gasteiger partial charge in [-0.1, -0.05) is 25.4 Å². The van der Waals surface area contributed by atoms with Gasteiger partial charge in [-0.15, -0.1) is 0 Å². The summed E-state index contributed by atoms with van der Waals surface area (Å²) >= 11 is 5.64. The molecule has 0 fully saturated rings. The van der Waals surface area contributed by atoms with Gasteiger partial charge in [0.15, 0.2) is 0 Å². The Morgan fingerprint density at radius 2 is 1.59 bits per heavy atom. The van der Waals surface area contributed by atoms with Crippen LogP contribution in [0.15, 0.2) is 11.1 Å². The zero-order valence-corrected chi connectivity index (χ0v) is 11.4. The number of hydrogen-bond donors (Lipinski definition) is 0. The van der Waals surface area contributed by atoms with Crippen molar-refractivity contribution in [3.63, 3.8) is 0 Å². The normalized spacial score (nSPS) is 15.0. The third-order valence-corrected chi connectivity index (χ3v) is 2.48. The van der Waals surface area contributed by atoms with Crippen LogP contribution in [0.2, 0.25) is 0 Å². The van der Waals surface area contributed by atoms with Gasteiger partial charge in [0.25, 0.3) is 0 Å². The summed E-state index contributed by atoms with van der Waals surface area (Å²) in [4.78, 5) is 22.7. The molecule has 0 aromatic carbocycles. The van der Waals surface area contributed by atoms with Crippen LogP contribution < -0.4 is 0 Å². The molecule has 0 spiro atoms. The zero-order chi connectivity index (χ0) is 13.4. The van der Waals surface area contributed by atoms with Crippen LogP contribution in [0.25, 0.3) is 0 Å². The number of hydrogen-bond acceptors (Lipinski definition) is 4. The maximum atomic E-state index is 11.4. The summed E-state index contributed by atoms with van der Waals surface area (Å²) in [6.45, 7) is 7.28. The van der Waals surface area contributed by atoms with E-state index < -0.39 is 11.9 Å². The van der Waals surface area contributed by atoms with E-state index in [-0.39, 0.29) is 17.2 Å². The van der Waals surface area contributed by atoms with Crippen LogP contribution >= 0.6 is 11.6 Å². The largest absolute Gasteiger partial charge is 0.459 e. The molecule has 0 aromatic rings. The fourth-order valence-electron chi connectivity index (χ4n) is 0.800. The van der Waals surface area contributed by atoms with E-state index in [1.54, 1.807) is 13.8 Å². The van der Waals surface area contributed by atoms with Crippen molar-refractivity contribution in [1.29, 1.82) is 0 Å². The number of esters is 2. The van der Waals surface area contributed by atoms with Crippen molar-refractivity contribution in [3.05, 3.63) is 11.1 Å². The van der Waals surface area contributed by atoms with Crippen molar-refractivity contribution in [3.8, 4) is 0 Å². The lowest BCUT2D eigenvalue weighted by molar-refractivity contribution is -0.145. The summed E-state index contributed by atoms with van der Waals surface area (Å²) in [6.07, 6.45) is 1.91. The predicted octanol–water partition coefficient (Wildman–Crippen LogP) is 2.79. The van der Waals surface area contributed by atoms with Crippen LogP contribution in [0.4, 0.5) is 0 Å². The minimum Gasteiger partial charge on any atom is -0.459 e. The zero-order valence-electron chi connectivity index (χ0n) is 10.7. The summed E-state index contributed by atoms with van der Waals surface area (Å²) in [7, 11) is 0. The molecule has 5 heteroatoms. The van der Waals surface area contributed by atoms with E-state index in [0.717, 1.165) is 6.08 Å². The Labute approximate surface area is 107 Å². The molecule has 2 atom stereocenters. The molecule has 0 aliphatic heterocycles. The first-order valence-electron chi connectivity index (χ1n) is 5.69. The number of halogens is 1. The van der Waals surface area contributed by atoms with Crippen molar-refractivity contribution in [2.24, 2.45) is 0 Å². The second-order valence-corrected chi connectivity index (χ2v) is 4.18. The van der Waals surface area contributed by atoms with E-state index in [9.17, 15) is 9.59 Å². The first-order valence-corrected chi connectivity index (χ1v) is 6.07. The molecule has 0 aliphatic rings. The molecule has 98 valence electrons. The van der Waals surface area contributed by atoms with E-state index >= 15 is 0 Å². The summed E-state index contributed by atoms with van der Waals surface area (Å²) in [5, 5.41) is -0.265. The fraction of sp³-hybridized carbons (Fsp3) is 0.667. The molecule has 0 amide bonds. The van der Waals surface area contributed by atoms with Gasteiger partial charge in [0.05, 0.1) is 12.2 Å². The minimum absolute atomic E-state index is 0.200. The van der Waals surface area contributed by atoms with Gasteiger partial charge in [-0.2, -0.15) is 0 Å². The lowest BCUT2D eigenvalue weighted by Crippen LogP contribution is -2.16. The van der Waals surface area contributed by atoms with Crippen molar-refractivity contribution >= 4 is 23.5 Å². The molecule has 0 saturated carbocycles. The van der Waals surface area contributed by atoms with Gasteiger partial charge in [0.2, 0.25) is 0 Å². The van der Waals surface area contributed by atoms with Crippen LogP contribution in [0.3, 0.4) is 0 Å². The third kappa shape index (κ3) is 7.00. The highest BCUT2D eigenvalue weighted by Crippen LogP contribution is 2.09. The van der Waals surface area contributed by atoms with Gasteiger partial charge >= 0.3 is 11.9 Å². The fourth-order valence-corrected chi connectivity index (χ4v) is 0.934. The Balaban J connectivity index is 4.32. The topological polar surface area (TPSA) is 52.6 Å². The average Bonchev–Trinajstić information content (AvgIpc) is 2.28. The number of carbonyl (C=O) groups excluding carboxylic acids is 2. The van der Waals surface area contributed by atoms with Crippen molar-refractivity contribution < 1.29 is 19.1 Å². The predicted molar refractivity (Wildman–Crippen MR) is 65.6 cm³/mol. The number of carbonyl (C=O) groups is 2. The molecule has 0 aromatic heterocycles. The Hall–Kier alpha value is -1.03. The molecule has 0 saturated heterocycles. The molecule has 2 unspecified atom stereocenters. The Morgan fingerprint density at radius 3 is 2.06 bits per heavy atom. The smallest absolute Gasteiger partial charge is 0.350 e. The van der Waals surface area contributed by atoms with E-state index in [2.05, 4.69) is 0 Å². The van der Waals surface area contributed by atoms with Gasteiger partial charge in [-0.25, -0.2) is 9.59 Å². The average molecular weight is 263 g/mol. The summed E-state index contributed by atoms with van der Waals surface area (Å²) < 4.78 is 9.89. The van der Waals surface area contributed by atoms with Crippen molar-refractivity contribution in [2.45, 2.75) is 52.7 Å². The molecule has 0 heterocycles. The van der Waals surface area contributed by atoms with Crippen LogP contribution in [0.1, 0.15) is 40.5 Å². The molecule has 0 rings (SSSR count). The number of ether oxygens (including phenoxy) is 2. The van der Waals surface area contributed by atoms with Crippen LogP contribution in [0.5, 0.6) is 0 Å². The van der Waals surface area contributed by atoms with Gasteiger partial charge < -0.3 is 9.47 Å². The second-order valence-electron chi connectivity index (χ2n) is 3.77. The van der Waals surface area contributed by atoms with Gasteiger partial charge in [0.1, 0.15) is 5.03 Å². The molecular weight excluding hydrogens is 244 g/mol. The highest BCUT2D eigenvalue weighted by molar-refractivity contribution is 6.42. The molecule has 0 aliphatic carbocycles. The van der Waals surface area contributed by atoms with Crippen LogP contribution in [-0.2, 0) is 19.1 Å². The Morgan fingerprint density at radius 1 is 1.12 bits per heavy atom. The summed E-state index contributed by atoms with van der Waals surface area (Å²) in [5.74, 6) is -1.34. The quantitative estimate of drug-likeness (QED) is 0.546. The van der Waals surface area contributed by atoms with Crippen LogP contribution in [-0.4, -0.2) is 24.1 Å². The lowest BCUT2D eigenvalue weighted by Gasteiger charge is -2.10. The SMILES string of the molecule is CCC(C)OC(=O)/C=C(\Cl)C(=O)OC(C)CC. The highest BCUT2D eigenvalue weighted by atomic mass is 35.5. The standard InChI is InChI=1S/C12H19ClO4/c1-5-8(3)16-11(14)7-10(13)12(15)17-9(4)6-2/h7-9H,5-6H2,1-4H3/b10-7-. The van der Waals surface area contributed by atoms with Gasteiger partial charge in [0, 0.05) is 6.08 Å². The minimum atomic E-state index is -0.706. The molecule has 0 bridgehead atoms. The molecule has 4 nitrogen and oxygen atoms in total. The lowest BCUT2D eigenvalue weighted by atomic mass is 10.3. The molecule has 0 radical (unpaired) electrons. The van der Waals surface area contributed by atoms with Gasteiger partial charge in [-0.05, 0) is 26.7 Å². The van der Waals surface area contributed by atoms with E-state index in [1.807, 2.05) is 13.8 Å². The molecule has 17 heavy (non-hydrogen) atoms.